The highest BCUT2D eigenvalue weighted by Crippen LogP contribution is 2.28. The summed E-state index contributed by atoms with van der Waals surface area (Å²) in [5, 5.41) is 3.42. The number of nitrogens with one attached hydrogen (secondary N) is 1. The van der Waals surface area contributed by atoms with Gasteiger partial charge in [-0.25, -0.2) is 18.4 Å². The number of hydrogen-bond donors (Lipinski definition) is 1. The first-order valence-corrected chi connectivity index (χ1v) is 12.2. The van der Waals surface area contributed by atoms with Crippen LogP contribution in [0.3, 0.4) is 0 Å². The Hall–Kier alpha value is -2.78. The molecular weight excluding hydrogens is 418 g/mol. The van der Waals surface area contributed by atoms with Crippen molar-refractivity contribution >= 4 is 38.2 Å². The molecule has 3 aromatic heterocycles. The zero-order chi connectivity index (χ0) is 21.5. The fourth-order valence-corrected chi connectivity index (χ4v) is 4.67. The number of anilines is 1. The van der Waals surface area contributed by atoms with Crippen LogP contribution in [-0.4, -0.2) is 39.6 Å². The molecular formula is C21H23N5O2S2. The third-order valence-electron chi connectivity index (χ3n) is 4.54. The summed E-state index contributed by atoms with van der Waals surface area (Å²) in [6.45, 7) is 6.08. The Bertz CT molecular complexity index is 1320. The van der Waals surface area contributed by atoms with Gasteiger partial charge in [0.1, 0.15) is 11.3 Å². The fourth-order valence-electron chi connectivity index (χ4n) is 3.28. The normalized spacial score (nSPS) is 12.0. The van der Waals surface area contributed by atoms with Crippen molar-refractivity contribution < 1.29 is 8.42 Å². The quantitative estimate of drug-likeness (QED) is 0.486. The van der Waals surface area contributed by atoms with Gasteiger partial charge in [-0.1, -0.05) is 6.07 Å². The van der Waals surface area contributed by atoms with Crippen LogP contribution in [0.15, 0.2) is 47.5 Å². The van der Waals surface area contributed by atoms with Gasteiger partial charge < -0.3 is 9.88 Å². The monoisotopic (exact) mass is 441 g/mol. The molecule has 3 heterocycles. The van der Waals surface area contributed by atoms with E-state index in [1.165, 1.54) is 17.8 Å². The summed E-state index contributed by atoms with van der Waals surface area (Å²) in [7, 11) is -3.30. The van der Waals surface area contributed by atoms with Gasteiger partial charge in [0.05, 0.1) is 16.1 Å². The van der Waals surface area contributed by atoms with E-state index < -0.39 is 9.84 Å². The molecule has 156 valence electrons. The van der Waals surface area contributed by atoms with Crippen LogP contribution in [0.2, 0.25) is 0 Å². The number of aromatic nitrogens is 4. The van der Waals surface area contributed by atoms with Gasteiger partial charge in [0.15, 0.2) is 15.7 Å². The summed E-state index contributed by atoms with van der Waals surface area (Å²) < 4.78 is 30.3. The van der Waals surface area contributed by atoms with Crippen LogP contribution in [0.4, 0.5) is 5.82 Å². The molecule has 0 bridgehead atoms. The van der Waals surface area contributed by atoms with E-state index in [1.807, 2.05) is 29.8 Å². The first-order valence-electron chi connectivity index (χ1n) is 9.58. The van der Waals surface area contributed by atoms with Crippen LogP contribution in [0.5, 0.6) is 0 Å². The Morgan fingerprint density at radius 3 is 2.63 bits per heavy atom. The molecule has 1 N–H and O–H groups in total. The van der Waals surface area contributed by atoms with E-state index in [0.29, 0.717) is 6.42 Å². The third-order valence-corrected chi connectivity index (χ3v) is 6.52. The minimum atomic E-state index is -3.30. The lowest BCUT2D eigenvalue weighted by molar-refractivity contribution is 0.602. The summed E-state index contributed by atoms with van der Waals surface area (Å²) in [5.74, 6) is 1.44. The Morgan fingerprint density at radius 2 is 1.97 bits per heavy atom. The van der Waals surface area contributed by atoms with Gasteiger partial charge >= 0.3 is 0 Å². The highest BCUT2D eigenvalue weighted by molar-refractivity contribution is 7.90. The number of nitrogens with zero attached hydrogens (tertiary/aromatic N) is 4. The molecule has 9 heteroatoms. The van der Waals surface area contributed by atoms with Gasteiger partial charge in [-0.15, -0.1) is 0 Å². The maximum absolute atomic E-state index is 12.0. The van der Waals surface area contributed by atoms with Crippen molar-refractivity contribution in [3.63, 3.8) is 0 Å². The number of sulfone groups is 1. The van der Waals surface area contributed by atoms with Crippen LogP contribution in [0.25, 0.3) is 16.7 Å². The molecule has 4 rings (SSSR count). The smallest absolute Gasteiger partial charge is 0.175 e. The molecule has 0 atom stereocenters. The summed E-state index contributed by atoms with van der Waals surface area (Å²) in [5.41, 5.74) is 3.36. The first kappa shape index (κ1) is 20.5. The van der Waals surface area contributed by atoms with E-state index in [2.05, 4.69) is 29.6 Å². The van der Waals surface area contributed by atoms with Crippen molar-refractivity contribution in [2.24, 2.45) is 0 Å². The maximum atomic E-state index is 12.0. The number of benzene rings is 1. The average molecular weight is 442 g/mol. The van der Waals surface area contributed by atoms with Crippen LogP contribution in [-0.2, 0) is 16.3 Å². The van der Waals surface area contributed by atoms with E-state index >= 15 is 0 Å². The van der Waals surface area contributed by atoms with Crippen molar-refractivity contribution in [1.82, 2.24) is 18.9 Å². The molecule has 0 radical (unpaired) electrons. The number of fused-ring (bicyclic) bond motifs is 1. The second kappa shape index (κ2) is 7.81. The minimum Gasteiger partial charge on any atom is -0.366 e. The van der Waals surface area contributed by atoms with Crippen molar-refractivity contribution in [1.29, 1.82) is 0 Å². The SMILES string of the molecule is Cc1cc(Cc2nc(NC(C)C)c3c(ccn3-c3cccc(S(C)(=O)=O)c3)n2)sn1. The summed E-state index contributed by atoms with van der Waals surface area (Å²) in [6.07, 6.45) is 3.72. The van der Waals surface area contributed by atoms with E-state index in [-0.39, 0.29) is 10.9 Å². The van der Waals surface area contributed by atoms with Gasteiger partial charge in [0, 0.05) is 35.5 Å². The van der Waals surface area contributed by atoms with Gasteiger partial charge in [0.25, 0.3) is 0 Å². The van der Waals surface area contributed by atoms with Crippen molar-refractivity contribution in [2.45, 2.75) is 38.1 Å². The zero-order valence-corrected chi connectivity index (χ0v) is 18.9. The highest BCUT2D eigenvalue weighted by atomic mass is 32.2. The van der Waals surface area contributed by atoms with Gasteiger partial charge in [-0.2, -0.15) is 4.37 Å². The number of aryl methyl sites for hydroxylation is 1. The fraction of sp³-hybridized carbons (Fsp3) is 0.286. The van der Waals surface area contributed by atoms with Gasteiger partial charge in [0.2, 0.25) is 0 Å². The Balaban J connectivity index is 1.84. The van der Waals surface area contributed by atoms with Crippen molar-refractivity contribution in [3.8, 4) is 5.69 Å². The molecule has 0 unspecified atom stereocenters. The standard InChI is InChI=1S/C21H23N5O2S2/c1-13(2)22-21-20-18(23-19(24-21)12-16-10-14(3)25-29-16)8-9-26(20)15-6-5-7-17(11-15)30(4,27)28/h5-11,13H,12H2,1-4H3,(H,22,23,24). The van der Waals surface area contributed by atoms with Crippen LogP contribution in [0, 0.1) is 6.92 Å². The van der Waals surface area contributed by atoms with Crippen LogP contribution in [0.1, 0.15) is 30.2 Å². The number of rotatable bonds is 6. The van der Waals surface area contributed by atoms with Crippen molar-refractivity contribution in [2.75, 3.05) is 11.6 Å². The molecule has 30 heavy (non-hydrogen) atoms. The van der Waals surface area contributed by atoms with Gasteiger partial charge in [-0.3, -0.25) is 0 Å². The molecule has 0 aliphatic heterocycles. The van der Waals surface area contributed by atoms with E-state index in [0.717, 1.165) is 38.9 Å². The van der Waals surface area contributed by atoms with Crippen LogP contribution >= 0.6 is 11.5 Å². The molecule has 0 saturated carbocycles. The maximum Gasteiger partial charge on any atom is 0.175 e. The average Bonchev–Trinajstić information content (AvgIpc) is 3.27. The molecule has 0 aliphatic carbocycles. The molecule has 0 fully saturated rings. The predicted octanol–water partition coefficient (Wildman–Crippen LogP) is 4.00. The lowest BCUT2D eigenvalue weighted by atomic mass is 10.2. The molecule has 0 spiro atoms. The van der Waals surface area contributed by atoms with E-state index in [9.17, 15) is 8.42 Å². The molecule has 0 amide bonds. The predicted molar refractivity (Wildman–Crippen MR) is 120 cm³/mol. The second-order valence-electron chi connectivity index (χ2n) is 7.59. The summed E-state index contributed by atoms with van der Waals surface area (Å²) >= 11 is 1.46. The Morgan fingerprint density at radius 1 is 1.17 bits per heavy atom. The third kappa shape index (κ3) is 4.22. The van der Waals surface area contributed by atoms with Gasteiger partial charge in [-0.05, 0) is 62.6 Å². The largest absolute Gasteiger partial charge is 0.366 e. The molecule has 4 aromatic rings. The molecule has 7 nitrogen and oxygen atoms in total. The minimum absolute atomic E-state index is 0.173. The molecule has 1 aromatic carbocycles. The highest BCUT2D eigenvalue weighted by Gasteiger charge is 2.16. The first-order chi connectivity index (χ1) is 14.2. The second-order valence-corrected chi connectivity index (χ2v) is 10.5. The zero-order valence-electron chi connectivity index (χ0n) is 17.2. The topological polar surface area (TPSA) is 89.8 Å². The molecule has 0 aliphatic rings. The Kier molecular flexibility index (Phi) is 5.33. The van der Waals surface area contributed by atoms with Crippen LogP contribution < -0.4 is 5.32 Å². The summed E-state index contributed by atoms with van der Waals surface area (Å²) in [4.78, 5) is 10.9. The lowest BCUT2D eigenvalue weighted by Crippen LogP contribution is -2.14. The van der Waals surface area contributed by atoms with E-state index in [1.54, 1.807) is 18.2 Å². The Labute approximate surface area is 179 Å². The van der Waals surface area contributed by atoms with Crippen molar-refractivity contribution in [3.05, 3.63) is 59.0 Å². The molecule has 0 saturated heterocycles. The summed E-state index contributed by atoms with van der Waals surface area (Å²) in [6, 6.07) is 11.0. The lowest BCUT2D eigenvalue weighted by Gasteiger charge is -2.14. The number of hydrogen-bond acceptors (Lipinski definition) is 7. The van der Waals surface area contributed by atoms with E-state index in [4.69, 9.17) is 9.97 Å².